The highest BCUT2D eigenvalue weighted by Crippen LogP contribution is 2.45. The predicted octanol–water partition coefficient (Wildman–Crippen LogP) is 4.00. The molecule has 1 aliphatic carbocycles. The Morgan fingerprint density at radius 2 is 0.958 bits per heavy atom. The molecule has 0 unspecified atom stereocenters. The Morgan fingerprint density at radius 3 is 1.33 bits per heavy atom. The number of benzene rings is 2. The van der Waals surface area contributed by atoms with Crippen LogP contribution in [0.15, 0.2) is 46.6 Å². The zero-order valence-corrected chi connectivity index (χ0v) is 27.3. The van der Waals surface area contributed by atoms with Gasteiger partial charge in [0.1, 0.15) is 0 Å². The number of fused-ring (bicyclic) bond motifs is 3. The van der Waals surface area contributed by atoms with Crippen molar-refractivity contribution < 1.29 is 38.0 Å². The number of nitrogens with one attached hydrogen (secondary N) is 2. The van der Waals surface area contributed by atoms with E-state index in [1.807, 2.05) is 36.4 Å². The van der Waals surface area contributed by atoms with Gasteiger partial charge in [0.15, 0.2) is 0 Å². The van der Waals surface area contributed by atoms with Gasteiger partial charge >= 0.3 is 0 Å². The summed E-state index contributed by atoms with van der Waals surface area (Å²) >= 11 is 0. The van der Waals surface area contributed by atoms with Crippen LogP contribution in [0, 0.1) is 0 Å². The van der Waals surface area contributed by atoms with Crippen LogP contribution in [0.3, 0.4) is 0 Å². The van der Waals surface area contributed by atoms with E-state index in [-0.39, 0.29) is 17.7 Å². The van der Waals surface area contributed by atoms with Crippen molar-refractivity contribution in [1.82, 2.24) is 10.6 Å². The number of nitrogens with zero attached hydrogens (tertiary/aromatic N) is 6. The highest BCUT2D eigenvalue weighted by atomic mass is 16.5. The maximum Gasteiger partial charge on any atom is 0.251 e. The molecule has 16 nitrogen and oxygen atoms in total. The molecule has 1 aliphatic rings. The fourth-order valence-corrected chi connectivity index (χ4v) is 4.84. The minimum absolute atomic E-state index is 0.0232. The zero-order chi connectivity index (χ0) is 34.2. The third-order valence-corrected chi connectivity index (χ3v) is 7.20. The van der Waals surface area contributed by atoms with Crippen molar-refractivity contribution in [2.24, 2.45) is 10.2 Å². The third-order valence-electron chi connectivity index (χ3n) is 7.20. The Bertz CT molecular complexity index is 1290. The molecule has 48 heavy (non-hydrogen) atoms. The van der Waals surface area contributed by atoms with E-state index in [9.17, 15) is 9.59 Å². The Labute approximate surface area is 279 Å². The molecule has 2 amide bonds. The molecule has 2 aromatic carbocycles. The standard InChI is InChI=1S/C32H44N8O8/c1-24-29-22-25(31(41)35-6-10-43-14-18-47-20-16-45-12-8-37-39-33)2-4-27(29)28-5-3-26(23-30(24)28)32(42)36-7-11-44-15-19-48-21-17-46-13-9-38-40-34/h2-5,22-24H,6-21H2,1H3,(H,35,41)(H,36,42). The average Bonchev–Trinajstić information content (AvgIpc) is 3.38. The molecule has 16 heteroatoms. The largest absolute Gasteiger partial charge is 0.379 e. The van der Waals surface area contributed by atoms with Crippen molar-refractivity contribution in [3.63, 3.8) is 0 Å². The molecule has 0 spiro atoms. The second kappa shape index (κ2) is 23.1. The van der Waals surface area contributed by atoms with Crippen LogP contribution in [0.1, 0.15) is 44.7 Å². The smallest absolute Gasteiger partial charge is 0.251 e. The second-order valence-corrected chi connectivity index (χ2v) is 10.4. The summed E-state index contributed by atoms with van der Waals surface area (Å²) in [6, 6.07) is 11.4. The van der Waals surface area contributed by atoms with Crippen molar-refractivity contribution in [3.8, 4) is 11.1 Å². The molecule has 0 aliphatic heterocycles. The number of hydrogen-bond acceptors (Lipinski definition) is 10. The lowest BCUT2D eigenvalue weighted by Gasteiger charge is -2.11. The molecule has 0 atom stereocenters. The van der Waals surface area contributed by atoms with Gasteiger partial charge in [0.2, 0.25) is 0 Å². The van der Waals surface area contributed by atoms with Gasteiger partial charge in [-0.25, -0.2) is 0 Å². The minimum Gasteiger partial charge on any atom is -0.379 e. The minimum atomic E-state index is -0.180. The number of hydrogen-bond donors (Lipinski definition) is 2. The third kappa shape index (κ3) is 13.5. The van der Waals surface area contributed by atoms with Gasteiger partial charge in [-0.05, 0) is 57.6 Å². The van der Waals surface area contributed by atoms with Gasteiger partial charge in [0, 0.05) is 53.0 Å². The molecule has 0 radical (unpaired) electrons. The Hall–Kier alpha value is -4.24. The van der Waals surface area contributed by atoms with Crippen molar-refractivity contribution >= 4 is 11.8 Å². The molecule has 0 fully saturated rings. The summed E-state index contributed by atoms with van der Waals surface area (Å²) in [5.74, 6) is -0.337. The van der Waals surface area contributed by atoms with E-state index < -0.39 is 0 Å². The SMILES string of the molecule is CC1c2cc(C(=O)NCCOCCOCCOCCN=[N+]=[N-])ccc2-c2ccc(C(=O)NCCOCCOCCOCCN=[N+]=[N-])cc21. The molecule has 260 valence electrons. The van der Waals surface area contributed by atoms with Gasteiger partial charge in [-0.1, -0.05) is 29.3 Å². The van der Waals surface area contributed by atoms with Gasteiger partial charge in [0.25, 0.3) is 11.8 Å². The summed E-state index contributed by atoms with van der Waals surface area (Å²) in [5.41, 5.74) is 21.7. The normalized spacial score (nSPS) is 12.8. The molecule has 0 saturated heterocycles. The second-order valence-electron chi connectivity index (χ2n) is 10.4. The summed E-state index contributed by atoms with van der Waals surface area (Å²) in [5, 5.41) is 12.5. The summed E-state index contributed by atoms with van der Waals surface area (Å²) in [6.07, 6.45) is 0. The van der Waals surface area contributed by atoms with Crippen molar-refractivity contribution in [3.05, 3.63) is 79.5 Å². The Morgan fingerprint density at radius 1 is 0.604 bits per heavy atom. The number of ether oxygens (including phenoxy) is 6. The van der Waals surface area contributed by atoms with Crippen LogP contribution in [0.5, 0.6) is 0 Å². The zero-order valence-electron chi connectivity index (χ0n) is 27.3. The number of amides is 2. The summed E-state index contributed by atoms with van der Waals surface area (Å²) in [7, 11) is 0. The van der Waals surface area contributed by atoms with E-state index in [4.69, 9.17) is 39.5 Å². The fourth-order valence-electron chi connectivity index (χ4n) is 4.84. The van der Waals surface area contributed by atoms with Gasteiger partial charge < -0.3 is 39.1 Å². The van der Waals surface area contributed by atoms with Gasteiger partial charge in [-0.15, -0.1) is 0 Å². The van der Waals surface area contributed by atoms with Crippen molar-refractivity contribution in [1.29, 1.82) is 0 Å². The molecule has 0 bridgehead atoms. The van der Waals surface area contributed by atoms with Crippen molar-refractivity contribution in [2.45, 2.75) is 12.8 Å². The lowest BCUT2D eigenvalue weighted by atomic mass is 9.96. The first-order valence-electron chi connectivity index (χ1n) is 15.9. The molecular formula is C32H44N8O8. The summed E-state index contributed by atoms with van der Waals surface area (Å²) < 4.78 is 32.3. The van der Waals surface area contributed by atoms with E-state index >= 15 is 0 Å². The lowest BCUT2D eigenvalue weighted by Crippen LogP contribution is -2.27. The quantitative estimate of drug-likeness (QED) is 0.0646. The summed E-state index contributed by atoms with van der Waals surface area (Å²) in [6.45, 7) is 8.10. The average molecular weight is 669 g/mol. The van der Waals surface area contributed by atoms with Crippen LogP contribution in [0.25, 0.3) is 32.0 Å². The van der Waals surface area contributed by atoms with Crippen LogP contribution in [0.4, 0.5) is 0 Å². The van der Waals surface area contributed by atoms with Gasteiger partial charge in [-0.2, -0.15) is 0 Å². The number of rotatable bonds is 26. The first-order chi connectivity index (χ1) is 23.6. The molecule has 2 N–H and O–H groups in total. The lowest BCUT2D eigenvalue weighted by molar-refractivity contribution is 0.0166. The molecule has 0 aromatic heterocycles. The number of azide groups is 2. The van der Waals surface area contributed by atoms with Gasteiger partial charge in [0.05, 0.1) is 79.3 Å². The van der Waals surface area contributed by atoms with Crippen LogP contribution in [0.2, 0.25) is 0 Å². The fraction of sp³-hybridized carbons (Fsp3) is 0.562. The molecule has 2 aromatic rings. The predicted molar refractivity (Wildman–Crippen MR) is 177 cm³/mol. The van der Waals surface area contributed by atoms with Crippen LogP contribution >= 0.6 is 0 Å². The van der Waals surface area contributed by atoms with E-state index in [1.165, 1.54) is 0 Å². The highest BCUT2D eigenvalue weighted by Gasteiger charge is 2.27. The van der Waals surface area contributed by atoms with Crippen LogP contribution in [-0.2, 0) is 28.4 Å². The maximum absolute atomic E-state index is 12.8. The van der Waals surface area contributed by atoms with E-state index in [0.717, 1.165) is 22.3 Å². The Kier molecular flexibility index (Phi) is 18.4. The first-order valence-corrected chi connectivity index (χ1v) is 15.9. The first kappa shape index (κ1) is 38.2. The molecular weight excluding hydrogens is 624 g/mol. The van der Waals surface area contributed by atoms with Gasteiger partial charge in [-0.3, -0.25) is 9.59 Å². The van der Waals surface area contributed by atoms with E-state index in [2.05, 4.69) is 37.6 Å². The number of carbonyl (C=O) groups excluding carboxylic acids is 2. The van der Waals surface area contributed by atoms with E-state index in [1.54, 1.807) is 0 Å². The van der Waals surface area contributed by atoms with Crippen molar-refractivity contribution in [2.75, 3.05) is 105 Å². The molecule has 0 saturated carbocycles. The molecule has 3 rings (SSSR count). The monoisotopic (exact) mass is 668 g/mol. The maximum atomic E-state index is 12.8. The topological polar surface area (TPSA) is 211 Å². The molecule has 0 heterocycles. The number of carbonyl (C=O) groups is 2. The highest BCUT2D eigenvalue weighted by molar-refractivity contribution is 5.97. The van der Waals surface area contributed by atoms with Crippen LogP contribution < -0.4 is 10.6 Å². The Balaban J connectivity index is 1.31. The van der Waals surface area contributed by atoms with E-state index in [0.29, 0.717) is 117 Å². The van der Waals surface area contributed by atoms with Crippen LogP contribution in [-0.4, -0.2) is 117 Å². The summed E-state index contributed by atoms with van der Waals surface area (Å²) in [4.78, 5) is 30.9.